The molecule has 20 fully saturated rings. The molecule has 24 bridgehead atoms. The summed E-state index contributed by atoms with van der Waals surface area (Å²) in [7, 11) is 2.92. The van der Waals surface area contributed by atoms with E-state index in [4.69, 9.17) is 42.9 Å². The highest BCUT2D eigenvalue weighted by Crippen LogP contribution is 2.70. The number of allylic oxidation sites excluding steroid dienone is 12. The van der Waals surface area contributed by atoms with Crippen LogP contribution in [-0.4, -0.2) is 96.2 Å². The van der Waals surface area contributed by atoms with Crippen molar-refractivity contribution in [2.45, 2.75) is 373 Å². The van der Waals surface area contributed by atoms with Crippen molar-refractivity contribution in [3.8, 4) is 0 Å². The molecule has 133 heavy (non-hydrogen) atoms. The Kier molecular flexibility index (Phi) is 25.4. The average molecular weight is 1830 g/mol. The van der Waals surface area contributed by atoms with Crippen LogP contribution in [0.25, 0.3) is 0 Å². The zero-order valence-corrected chi connectivity index (χ0v) is 83.5. The Balaban J connectivity index is 0.0000000961. The molecule has 0 aromatic heterocycles. The molecule has 0 heterocycles. The Hall–Kier alpha value is -5.35. The van der Waals surface area contributed by atoms with E-state index in [0.717, 1.165) is 175 Å². The standard InChI is InChI=1S/2C21H30O2.C20H28O4.C19H28O4.2C18H26O2/c1-3-21(12-14-10-18(21)17-6-4-5-16(14)17)23-19(22)20(2)11-13-7-8-15(20)9-13;1-3-21(11-15-10-18(21)17-6-4-5-16(15)17)23-20(22)19-12(2)13-7-8-14(19)9-13;1-3-20(11-14-5-7-16(20)9-14)24-18(22)19(12-17(21)23-2)10-13-4-6-15(19)8-13;1-3-19(10-12-4-7-15(19)8-12)23-18(20)17-14-6-5-13(9-14)16(17)11-22-21-2;1-3-18(10-12-4-7-15(18)8-12)20-17(19)16-11(2)13-5-6-14(16)9-13;1-3-18(11-13-5-7-15(18)9-13)20-16(19)17(2)10-12-4-6-14(17)8-12/h7-8,13-18H,3-6,9-12H2,1-2H3;7-8,12-19H,3-6,9-11H2,1-2H3;4,6,13-16H,3,5,7-12H2,1-2H3;5-6,12-17H,3-4,7-11H2,1-2H3;5-6,11-16H,3-4,7-10H2,1-2H3;4,6,12-15H,3,5,7-11H2,1-2H3. The summed E-state index contributed by atoms with van der Waals surface area (Å²) in [6.07, 6.45) is 75.7. The van der Waals surface area contributed by atoms with Gasteiger partial charge in [0.15, 0.2) is 0 Å². The predicted molar refractivity (Wildman–Crippen MR) is 509 cm³/mol. The number of methoxy groups -OCH3 is 1. The Morgan fingerprint density at radius 2 is 0.677 bits per heavy atom. The van der Waals surface area contributed by atoms with E-state index >= 15 is 0 Å². The molecule has 0 aromatic carbocycles. The summed E-state index contributed by atoms with van der Waals surface area (Å²) in [6.45, 7) is 22.5. The molecular formula is C117H168O16. The van der Waals surface area contributed by atoms with Crippen LogP contribution < -0.4 is 0 Å². The molecule has 43 unspecified atom stereocenters. The molecule has 0 amide bonds. The second kappa shape index (κ2) is 36.0. The molecule has 0 aromatic rings. The number of hydrogen-bond acceptors (Lipinski definition) is 16. The van der Waals surface area contributed by atoms with Crippen molar-refractivity contribution in [1.29, 1.82) is 0 Å². The van der Waals surface area contributed by atoms with Crippen LogP contribution >= 0.6 is 0 Å². The number of esters is 7. The number of fused-ring (bicyclic) bond motifs is 30. The van der Waals surface area contributed by atoms with E-state index in [1.165, 1.54) is 162 Å². The maximum absolute atomic E-state index is 13.3. The van der Waals surface area contributed by atoms with E-state index < -0.39 is 5.41 Å². The number of hydrogen-bond donors (Lipinski definition) is 0. The van der Waals surface area contributed by atoms with Crippen LogP contribution in [-0.2, 0) is 76.5 Å². The molecule has 20 saturated carbocycles. The number of rotatable bonds is 23. The van der Waals surface area contributed by atoms with Gasteiger partial charge in [-0.05, 0) is 430 Å². The summed E-state index contributed by atoms with van der Waals surface area (Å²) in [5.74, 6) is 19.1. The van der Waals surface area contributed by atoms with E-state index in [2.05, 4.69) is 142 Å². The van der Waals surface area contributed by atoms with Gasteiger partial charge >= 0.3 is 41.8 Å². The first kappa shape index (κ1) is 93.9. The largest absolute Gasteiger partial charge is 0.469 e. The molecule has 0 radical (unpaired) electrons. The minimum atomic E-state index is -0.698. The van der Waals surface area contributed by atoms with Crippen LogP contribution in [0, 0.1) is 217 Å². The molecule has 26 aliphatic rings. The van der Waals surface area contributed by atoms with E-state index in [1.807, 2.05) is 0 Å². The molecule has 16 nitrogen and oxygen atoms in total. The fraction of sp³-hybridized carbons (Fsp3) is 0.838. The highest BCUT2D eigenvalue weighted by Gasteiger charge is 2.68. The van der Waals surface area contributed by atoms with Gasteiger partial charge in [0, 0.05) is 17.8 Å². The van der Waals surface area contributed by atoms with Crippen LogP contribution in [0.4, 0.5) is 0 Å². The van der Waals surface area contributed by atoms with E-state index in [-0.39, 0.29) is 122 Å². The molecule has 26 rings (SSSR count). The van der Waals surface area contributed by atoms with Crippen LogP contribution in [0.3, 0.4) is 0 Å². The third kappa shape index (κ3) is 15.8. The van der Waals surface area contributed by atoms with Crippen molar-refractivity contribution in [2.75, 3.05) is 20.8 Å². The highest BCUT2D eigenvalue weighted by atomic mass is 17.2. The van der Waals surface area contributed by atoms with Crippen molar-refractivity contribution in [3.63, 3.8) is 0 Å². The fourth-order valence-corrected chi connectivity index (χ4v) is 38.4. The monoisotopic (exact) mass is 1830 g/mol. The van der Waals surface area contributed by atoms with Gasteiger partial charge in [-0.1, -0.05) is 141 Å². The van der Waals surface area contributed by atoms with Crippen molar-refractivity contribution in [3.05, 3.63) is 72.9 Å². The minimum Gasteiger partial charge on any atom is -0.469 e. The maximum atomic E-state index is 13.3. The lowest BCUT2D eigenvalue weighted by atomic mass is 9.71. The average Bonchev–Trinajstić information content (AvgIpc) is 1.57. The van der Waals surface area contributed by atoms with Crippen molar-refractivity contribution in [1.82, 2.24) is 0 Å². The highest BCUT2D eigenvalue weighted by molar-refractivity contribution is 5.86. The molecule has 732 valence electrons. The molecule has 0 saturated heterocycles. The van der Waals surface area contributed by atoms with Crippen molar-refractivity contribution >= 4 is 41.8 Å². The maximum Gasteiger partial charge on any atom is 0.313 e. The molecular weight excluding hydrogens is 1660 g/mol. The summed E-state index contributed by atoms with van der Waals surface area (Å²) < 4.78 is 42.8. The van der Waals surface area contributed by atoms with Gasteiger partial charge in [0.05, 0.1) is 61.2 Å². The first-order valence-electron chi connectivity index (χ1n) is 55.8. The van der Waals surface area contributed by atoms with Crippen molar-refractivity contribution in [2.24, 2.45) is 217 Å². The fourth-order valence-electron chi connectivity index (χ4n) is 38.4. The molecule has 16 heteroatoms. The summed E-state index contributed by atoms with van der Waals surface area (Å²) in [4.78, 5) is 100. The second-order valence-corrected chi connectivity index (χ2v) is 51.0. The molecule has 0 N–H and O–H groups in total. The van der Waals surface area contributed by atoms with Gasteiger partial charge in [-0.25, -0.2) is 9.78 Å². The van der Waals surface area contributed by atoms with E-state index in [1.54, 1.807) is 0 Å². The third-order valence-electron chi connectivity index (χ3n) is 45.7. The van der Waals surface area contributed by atoms with Crippen LogP contribution in [0.2, 0.25) is 0 Å². The minimum absolute atomic E-state index is 0.0148. The Morgan fingerprint density at radius 1 is 0.323 bits per heavy atom. The van der Waals surface area contributed by atoms with Crippen molar-refractivity contribution < 1.29 is 76.5 Å². The van der Waals surface area contributed by atoms with E-state index in [9.17, 15) is 33.6 Å². The zero-order chi connectivity index (χ0) is 92.4. The summed E-state index contributed by atoms with van der Waals surface area (Å²) >= 11 is 0. The second-order valence-electron chi connectivity index (χ2n) is 51.0. The topological polar surface area (TPSA) is 203 Å². The lowest BCUT2D eigenvalue weighted by Crippen LogP contribution is -2.48. The van der Waals surface area contributed by atoms with Gasteiger partial charge in [-0.15, -0.1) is 0 Å². The summed E-state index contributed by atoms with van der Waals surface area (Å²) in [5.41, 5.74) is -2.12. The smallest absolute Gasteiger partial charge is 0.313 e. The lowest BCUT2D eigenvalue weighted by molar-refractivity contribution is -0.283. The van der Waals surface area contributed by atoms with Gasteiger partial charge in [-0.2, -0.15) is 0 Å². The van der Waals surface area contributed by atoms with Gasteiger partial charge < -0.3 is 33.2 Å². The normalized spacial score (nSPS) is 51.0. The Labute approximate surface area is 797 Å². The first-order valence-corrected chi connectivity index (χ1v) is 55.8. The van der Waals surface area contributed by atoms with E-state index in [0.29, 0.717) is 119 Å². The molecule has 0 spiro atoms. The van der Waals surface area contributed by atoms with Gasteiger partial charge in [0.1, 0.15) is 33.6 Å². The van der Waals surface area contributed by atoms with Crippen LogP contribution in [0.15, 0.2) is 72.9 Å². The summed E-state index contributed by atoms with van der Waals surface area (Å²) in [6, 6.07) is 0. The first-order chi connectivity index (χ1) is 64.0. The lowest BCUT2D eigenvalue weighted by Gasteiger charge is -2.44. The Bertz CT molecular complexity index is 4570. The molecule has 43 atom stereocenters. The SMILES string of the molecule is CCC1(OC(=O)C2(C)CC3C=CC2C3)CC2CC1C1CCCC21.CCC1(OC(=O)C2(C)CC3C=CC2C3)CC2CCC1C2.CCC1(OC(=O)C2(CC(=O)OC)CC3C=CC2C3)CC2CCC1C2.CCC1(OC(=O)C2C3C=CC(C3)C2C)CC2CC1C1CCCC21.CCC1(OC(=O)C2C3C=CC(C3)C2C)CC2CCC1C2.CCC1(OC(=O)C2C3C=CC(C3)C2COOC)CC2CCC1C2. The van der Waals surface area contributed by atoms with Gasteiger partial charge in [0.25, 0.3) is 0 Å². The number of ether oxygens (including phenoxy) is 7. The number of carbonyl (C=O) groups excluding carboxylic acids is 7. The van der Waals surface area contributed by atoms with Gasteiger partial charge in [0.2, 0.25) is 0 Å². The third-order valence-corrected chi connectivity index (χ3v) is 45.7. The quantitative estimate of drug-likeness (QED) is 0.0307. The Morgan fingerprint density at radius 3 is 1.03 bits per heavy atom. The van der Waals surface area contributed by atoms with Crippen LogP contribution in [0.5, 0.6) is 0 Å². The molecule has 26 aliphatic carbocycles. The van der Waals surface area contributed by atoms with Gasteiger partial charge in [-0.3, -0.25) is 33.6 Å². The number of carbonyl (C=O) groups is 7. The van der Waals surface area contributed by atoms with Crippen LogP contribution in [0.1, 0.15) is 339 Å². The predicted octanol–water partition coefficient (Wildman–Crippen LogP) is 24.5. The zero-order valence-electron chi connectivity index (χ0n) is 83.5. The summed E-state index contributed by atoms with van der Waals surface area (Å²) in [5, 5.41) is 0. The molecule has 0 aliphatic heterocycles.